The van der Waals surface area contributed by atoms with Crippen LogP contribution in [0.3, 0.4) is 0 Å². The van der Waals surface area contributed by atoms with E-state index in [0.717, 1.165) is 36.3 Å². The van der Waals surface area contributed by atoms with Gasteiger partial charge in [0, 0.05) is 24.7 Å². The fraction of sp³-hybridized carbons (Fsp3) is 0.467. The van der Waals surface area contributed by atoms with Crippen LogP contribution >= 0.6 is 11.6 Å². The molecule has 1 amide bonds. The monoisotopic (exact) mass is 307 g/mol. The molecule has 0 radical (unpaired) electrons. The van der Waals surface area contributed by atoms with Crippen LogP contribution in [0.15, 0.2) is 18.2 Å². The van der Waals surface area contributed by atoms with Gasteiger partial charge < -0.3 is 15.0 Å². The number of imidazole rings is 1. The predicted molar refractivity (Wildman–Crippen MR) is 81.1 cm³/mol. The van der Waals surface area contributed by atoms with Gasteiger partial charge in [0.1, 0.15) is 5.82 Å². The van der Waals surface area contributed by atoms with E-state index in [9.17, 15) is 4.79 Å². The maximum Gasteiger partial charge on any atom is 0.220 e. The summed E-state index contributed by atoms with van der Waals surface area (Å²) in [5.41, 5.74) is 1.73. The van der Waals surface area contributed by atoms with Gasteiger partial charge in [-0.1, -0.05) is 11.6 Å². The second kappa shape index (κ2) is 6.45. The molecule has 1 atom stereocenters. The number of nitrogens with one attached hydrogen (secondary N) is 2. The molecular formula is C15H18ClN3O2. The smallest absolute Gasteiger partial charge is 0.220 e. The number of fused-ring (bicyclic) bond motifs is 1. The lowest BCUT2D eigenvalue weighted by Gasteiger charge is -2.21. The Balaban J connectivity index is 1.54. The van der Waals surface area contributed by atoms with E-state index in [4.69, 9.17) is 16.3 Å². The number of nitrogens with zero attached hydrogens (tertiary/aromatic N) is 1. The summed E-state index contributed by atoms with van der Waals surface area (Å²) in [6.07, 6.45) is 2.63. The number of hydrogen-bond acceptors (Lipinski definition) is 3. The van der Waals surface area contributed by atoms with Crippen LogP contribution in [0, 0.1) is 5.92 Å². The molecule has 1 fully saturated rings. The summed E-state index contributed by atoms with van der Waals surface area (Å²) < 4.78 is 5.39. The number of carbonyl (C=O) groups excluding carboxylic acids is 1. The molecule has 3 rings (SSSR count). The molecule has 5 nitrogen and oxygen atoms in total. The molecule has 2 heterocycles. The number of aromatic nitrogens is 2. The van der Waals surface area contributed by atoms with Crippen molar-refractivity contribution in [1.29, 1.82) is 0 Å². The van der Waals surface area contributed by atoms with Gasteiger partial charge in [0.2, 0.25) is 5.91 Å². The molecule has 1 aliphatic rings. The van der Waals surface area contributed by atoms with Crippen LogP contribution < -0.4 is 5.32 Å². The van der Waals surface area contributed by atoms with Gasteiger partial charge in [-0.25, -0.2) is 4.98 Å². The Morgan fingerprint density at radius 3 is 3.24 bits per heavy atom. The Morgan fingerprint density at radius 2 is 2.43 bits per heavy atom. The van der Waals surface area contributed by atoms with Gasteiger partial charge >= 0.3 is 0 Å². The van der Waals surface area contributed by atoms with Crippen LogP contribution in [0.1, 0.15) is 25.1 Å². The molecule has 2 N–H and O–H groups in total. The highest BCUT2D eigenvalue weighted by Crippen LogP contribution is 2.18. The van der Waals surface area contributed by atoms with Gasteiger partial charge in [-0.3, -0.25) is 4.79 Å². The first kappa shape index (κ1) is 14.4. The van der Waals surface area contributed by atoms with Gasteiger partial charge in [-0.15, -0.1) is 0 Å². The van der Waals surface area contributed by atoms with E-state index in [1.165, 1.54) is 0 Å². The maximum absolute atomic E-state index is 11.9. The van der Waals surface area contributed by atoms with Crippen molar-refractivity contribution in [2.45, 2.75) is 25.8 Å². The second-order valence-electron chi connectivity index (χ2n) is 5.41. The summed E-state index contributed by atoms with van der Waals surface area (Å²) in [4.78, 5) is 19.5. The van der Waals surface area contributed by atoms with E-state index < -0.39 is 0 Å². The number of aromatic amines is 1. The van der Waals surface area contributed by atoms with Crippen LogP contribution in [0.2, 0.25) is 5.02 Å². The molecule has 0 spiro atoms. The predicted octanol–water partition coefficient (Wildman–Crippen LogP) is 2.65. The van der Waals surface area contributed by atoms with Crippen molar-refractivity contribution in [2.24, 2.45) is 5.92 Å². The lowest BCUT2D eigenvalue weighted by molar-refractivity contribution is -0.123. The molecule has 0 aliphatic carbocycles. The van der Waals surface area contributed by atoms with Crippen molar-refractivity contribution < 1.29 is 9.53 Å². The van der Waals surface area contributed by atoms with Crippen LogP contribution in [-0.2, 0) is 16.1 Å². The molecule has 112 valence electrons. The number of benzene rings is 1. The Bertz CT molecular complexity index is 635. The lowest BCUT2D eigenvalue weighted by Crippen LogP contribution is -2.28. The summed E-state index contributed by atoms with van der Waals surface area (Å²) in [5, 5.41) is 3.57. The highest BCUT2D eigenvalue weighted by molar-refractivity contribution is 6.31. The van der Waals surface area contributed by atoms with E-state index in [-0.39, 0.29) is 5.91 Å². The summed E-state index contributed by atoms with van der Waals surface area (Å²) in [5.74, 6) is 1.12. The molecule has 2 aromatic rings. The van der Waals surface area contributed by atoms with Crippen molar-refractivity contribution in [3.05, 3.63) is 29.0 Å². The zero-order valence-corrected chi connectivity index (χ0v) is 12.4. The third kappa shape index (κ3) is 3.74. The minimum atomic E-state index is 0.0454. The van der Waals surface area contributed by atoms with Crippen LogP contribution in [-0.4, -0.2) is 29.1 Å². The number of ether oxygens (including phenoxy) is 1. The first-order valence-electron chi connectivity index (χ1n) is 7.19. The van der Waals surface area contributed by atoms with Gasteiger partial charge in [0.25, 0.3) is 0 Å². The largest absolute Gasteiger partial charge is 0.381 e. The molecule has 21 heavy (non-hydrogen) atoms. The number of halogens is 1. The van der Waals surface area contributed by atoms with Crippen LogP contribution in [0.5, 0.6) is 0 Å². The normalized spacial score (nSPS) is 18.8. The van der Waals surface area contributed by atoms with Gasteiger partial charge in [0.15, 0.2) is 0 Å². The molecule has 0 unspecified atom stereocenters. The molecule has 1 aromatic carbocycles. The third-order valence-corrected chi connectivity index (χ3v) is 3.91. The molecule has 1 aromatic heterocycles. The van der Waals surface area contributed by atoms with E-state index in [2.05, 4.69) is 15.3 Å². The lowest BCUT2D eigenvalue weighted by atomic mass is 9.98. The Labute approximate surface area is 128 Å². The molecule has 1 aliphatic heterocycles. The number of amides is 1. The average molecular weight is 308 g/mol. The minimum absolute atomic E-state index is 0.0454. The molecular weight excluding hydrogens is 290 g/mol. The first-order valence-corrected chi connectivity index (χ1v) is 7.57. The van der Waals surface area contributed by atoms with E-state index in [0.29, 0.717) is 30.5 Å². The Morgan fingerprint density at radius 1 is 1.52 bits per heavy atom. The Hall–Kier alpha value is -1.59. The highest BCUT2D eigenvalue weighted by atomic mass is 35.5. The SMILES string of the molecule is O=C(C[C@H]1CCCOC1)NCc1nc2ccc(Cl)cc2[nH]1. The molecule has 0 saturated carbocycles. The van der Waals surface area contributed by atoms with Crippen molar-refractivity contribution >= 4 is 28.5 Å². The van der Waals surface area contributed by atoms with Crippen molar-refractivity contribution in [2.75, 3.05) is 13.2 Å². The quantitative estimate of drug-likeness (QED) is 0.912. The minimum Gasteiger partial charge on any atom is -0.381 e. The van der Waals surface area contributed by atoms with Crippen molar-refractivity contribution in [3.8, 4) is 0 Å². The summed E-state index contributed by atoms with van der Waals surface area (Å²) >= 11 is 5.93. The summed E-state index contributed by atoms with van der Waals surface area (Å²) in [6.45, 7) is 1.91. The molecule has 0 bridgehead atoms. The van der Waals surface area contributed by atoms with Crippen molar-refractivity contribution in [1.82, 2.24) is 15.3 Å². The topological polar surface area (TPSA) is 67.0 Å². The van der Waals surface area contributed by atoms with E-state index in [1.807, 2.05) is 12.1 Å². The Kier molecular flexibility index (Phi) is 4.41. The van der Waals surface area contributed by atoms with E-state index in [1.54, 1.807) is 6.07 Å². The maximum atomic E-state index is 11.9. The highest BCUT2D eigenvalue weighted by Gasteiger charge is 2.17. The number of H-pyrrole nitrogens is 1. The number of hydrogen-bond donors (Lipinski definition) is 2. The van der Waals surface area contributed by atoms with Gasteiger partial charge in [0.05, 0.1) is 17.6 Å². The fourth-order valence-electron chi connectivity index (χ4n) is 2.60. The number of carbonyl (C=O) groups is 1. The zero-order chi connectivity index (χ0) is 14.7. The molecule has 1 saturated heterocycles. The zero-order valence-electron chi connectivity index (χ0n) is 11.7. The van der Waals surface area contributed by atoms with Crippen LogP contribution in [0.25, 0.3) is 11.0 Å². The van der Waals surface area contributed by atoms with Crippen molar-refractivity contribution in [3.63, 3.8) is 0 Å². The summed E-state index contributed by atoms with van der Waals surface area (Å²) in [6, 6.07) is 5.49. The average Bonchev–Trinajstić information content (AvgIpc) is 2.88. The third-order valence-electron chi connectivity index (χ3n) is 3.67. The second-order valence-corrected chi connectivity index (χ2v) is 5.85. The standard InChI is InChI=1S/C15H18ClN3O2/c16-11-3-4-12-13(7-11)19-14(18-12)8-17-15(20)6-10-2-1-5-21-9-10/h3-4,7,10H,1-2,5-6,8-9H2,(H,17,20)(H,18,19)/t10-/m1/s1. The fourth-order valence-corrected chi connectivity index (χ4v) is 2.78. The summed E-state index contributed by atoms with van der Waals surface area (Å²) in [7, 11) is 0. The van der Waals surface area contributed by atoms with Gasteiger partial charge in [-0.05, 0) is 37.0 Å². The van der Waals surface area contributed by atoms with Crippen LogP contribution in [0.4, 0.5) is 0 Å². The van der Waals surface area contributed by atoms with Gasteiger partial charge in [-0.2, -0.15) is 0 Å². The van der Waals surface area contributed by atoms with E-state index >= 15 is 0 Å². The number of rotatable bonds is 4. The molecule has 6 heteroatoms. The first-order chi connectivity index (χ1) is 10.2.